The van der Waals surface area contributed by atoms with Crippen LogP contribution in [0.5, 0.6) is 0 Å². The van der Waals surface area contributed by atoms with E-state index in [0.717, 1.165) is 5.56 Å². The highest BCUT2D eigenvalue weighted by Gasteiger charge is 2.26. The first kappa shape index (κ1) is 23.2. The molecule has 0 radical (unpaired) electrons. The summed E-state index contributed by atoms with van der Waals surface area (Å²) in [6.07, 6.45) is 0. The number of sulfonamides is 1. The highest BCUT2D eigenvalue weighted by molar-refractivity contribution is 7.89. The number of para-hydroxylation sites is 2. The van der Waals surface area contributed by atoms with Crippen LogP contribution < -0.4 is 10.7 Å². The molecule has 3 aromatic carbocycles. The van der Waals surface area contributed by atoms with Gasteiger partial charge < -0.3 is 14.6 Å². The van der Waals surface area contributed by atoms with Gasteiger partial charge in [-0.3, -0.25) is 9.59 Å². The third-order valence-corrected chi connectivity index (χ3v) is 8.11. The Morgan fingerprint density at radius 2 is 1.43 bits per heavy atom. The molecule has 1 aliphatic heterocycles. The van der Waals surface area contributed by atoms with Gasteiger partial charge in [0.05, 0.1) is 29.1 Å². The summed E-state index contributed by atoms with van der Waals surface area (Å²) in [6, 6.07) is 21.1. The number of pyridine rings is 1. The van der Waals surface area contributed by atoms with E-state index in [-0.39, 0.29) is 29.3 Å². The minimum absolute atomic E-state index is 0.0464. The summed E-state index contributed by atoms with van der Waals surface area (Å²) >= 11 is 0. The molecule has 1 aliphatic rings. The molecule has 0 unspecified atom stereocenters. The summed E-state index contributed by atoms with van der Waals surface area (Å²) in [7, 11) is -3.56. The summed E-state index contributed by atoms with van der Waals surface area (Å²) in [6.45, 7) is 1.77. The second-order valence-electron chi connectivity index (χ2n) is 8.39. The molecule has 1 aromatic heterocycles. The second-order valence-corrected chi connectivity index (χ2v) is 10.3. The number of amides is 1. The standard InChI is InChI=1S/C26H25N3O5S/c30-25(18-29-23-7-3-1-5-21(23)26(31)22-6-2-4-8-24(22)29)27-17-19-9-11-20(12-10-19)35(32,33)28-13-15-34-16-14-28/h1-12H,13-18H2,(H,27,30). The SMILES string of the molecule is O=C(Cn1c2ccccc2c(=O)c2ccccc21)NCc1ccc(S(=O)(=O)N2CCOCC2)cc1. The zero-order chi connectivity index (χ0) is 24.4. The lowest BCUT2D eigenvalue weighted by Gasteiger charge is -2.26. The largest absolute Gasteiger partial charge is 0.379 e. The van der Waals surface area contributed by atoms with Crippen LogP contribution in [0.4, 0.5) is 0 Å². The maximum atomic E-state index is 12.9. The molecule has 180 valence electrons. The minimum atomic E-state index is -3.56. The summed E-state index contributed by atoms with van der Waals surface area (Å²) in [5, 5.41) is 4.03. The van der Waals surface area contributed by atoms with Crippen LogP contribution in [-0.4, -0.2) is 49.5 Å². The van der Waals surface area contributed by atoms with E-state index >= 15 is 0 Å². The predicted octanol–water partition coefficient (Wildman–Crippen LogP) is 2.49. The van der Waals surface area contributed by atoms with E-state index in [1.807, 2.05) is 41.0 Å². The first-order chi connectivity index (χ1) is 16.9. The Morgan fingerprint density at radius 1 is 0.857 bits per heavy atom. The Balaban J connectivity index is 1.32. The molecule has 0 bridgehead atoms. The average Bonchev–Trinajstić information content (AvgIpc) is 2.90. The summed E-state index contributed by atoms with van der Waals surface area (Å²) < 4.78 is 34.1. The van der Waals surface area contributed by atoms with Crippen LogP contribution in [0.2, 0.25) is 0 Å². The minimum Gasteiger partial charge on any atom is -0.379 e. The van der Waals surface area contributed by atoms with Crippen LogP contribution in [0.25, 0.3) is 21.8 Å². The van der Waals surface area contributed by atoms with Crippen molar-refractivity contribution in [3.63, 3.8) is 0 Å². The van der Waals surface area contributed by atoms with Crippen molar-refractivity contribution in [2.45, 2.75) is 18.0 Å². The fourth-order valence-electron chi connectivity index (χ4n) is 4.36. The van der Waals surface area contributed by atoms with Crippen molar-refractivity contribution < 1.29 is 17.9 Å². The van der Waals surface area contributed by atoms with Crippen molar-refractivity contribution in [2.75, 3.05) is 26.3 Å². The van der Waals surface area contributed by atoms with Crippen LogP contribution in [0.1, 0.15) is 5.56 Å². The number of fused-ring (bicyclic) bond motifs is 2. The van der Waals surface area contributed by atoms with E-state index in [0.29, 0.717) is 48.1 Å². The number of ether oxygens (including phenoxy) is 1. The van der Waals surface area contributed by atoms with Gasteiger partial charge in [-0.2, -0.15) is 4.31 Å². The Bertz CT molecular complexity index is 1500. The van der Waals surface area contributed by atoms with E-state index in [1.54, 1.807) is 36.4 Å². The Labute approximate surface area is 202 Å². The molecule has 9 heteroatoms. The van der Waals surface area contributed by atoms with E-state index in [9.17, 15) is 18.0 Å². The maximum Gasteiger partial charge on any atom is 0.243 e. The molecule has 1 saturated heterocycles. The van der Waals surface area contributed by atoms with Crippen LogP contribution >= 0.6 is 0 Å². The third kappa shape index (κ3) is 4.58. The Kier molecular flexibility index (Phi) is 6.38. The molecule has 0 spiro atoms. The number of nitrogens with one attached hydrogen (secondary N) is 1. The van der Waals surface area contributed by atoms with Crippen LogP contribution in [0.15, 0.2) is 82.5 Å². The Morgan fingerprint density at radius 3 is 2.03 bits per heavy atom. The van der Waals surface area contributed by atoms with Crippen LogP contribution in [-0.2, 0) is 32.6 Å². The highest BCUT2D eigenvalue weighted by atomic mass is 32.2. The number of aromatic nitrogens is 1. The number of morpholine rings is 1. The molecule has 0 aliphatic carbocycles. The number of benzene rings is 3. The molecule has 5 rings (SSSR count). The molecular formula is C26H25N3O5S. The molecule has 35 heavy (non-hydrogen) atoms. The number of rotatable bonds is 6. The van der Waals surface area contributed by atoms with Gasteiger partial charge in [0.15, 0.2) is 5.43 Å². The van der Waals surface area contributed by atoms with Gasteiger partial charge in [0.25, 0.3) is 0 Å². The molecule has 8 nitrogen and oxygen atoms in total. The summed E-state index contributed by atoms with van der Waals surface area (Å²) in [5.41, 5.74) is 2.13. The van der Waals surface area contributed by atoms with E-state index < -0.39 is 10.0 Å². The van der Waals surface area contributed by atoms with E-state index in [1.165, 1.54) is 4.31 Å². The quantitative estimate of drug-likeness (QED) is 0.418. The predicted molar refractivity (Wildman–Crippen MR) is 134 cm³/mol. The lowest BCUT2D eigenvalue weighted by Crippen LogP contribution is -2.40. The van der Waals surface area contributed by atoms with Crippen molar-refractivity contribution in [3.05, 3.63) is 88.6 Å². The highest BCUT2D eigenvalue weighted by Crippen LogP contribution is 2.20. The monoisotopic (exact) mass is 491 g/mol. The molecular weight excluding hydrogens is 466 g/mol. The molecule has 1 amide bonds. The van der Waals surface area contributed by atoms with Crippen LogP contribution in [0.3, 0.4) is 0 Å². The molecule has 2 heterocycles. The Hall–Kier alpha value is -3.53. The normalized spacial score (nSPS) is 14.9. The first-order valence-corrected chi connectivity index (χ1v) is 12.8. The van der Waals surface area contributed by atoms with Gasteiger partial charge in [-0.1, -0.05) is 36.4 Å². The van der Waals surface area contributed by atoms with Gasteiger partial charge in [-0.15, -0.1) is 0 Å². The van der Waals surface area contributed by atoms with Gasteiger partial charge in [0.2, 0.25) is 15.9 Å². The third-order valence-electron chi connectivity index (χ3n) is 6.20. The zero-order valence-corrected chi connectivity index (χ0v) is 19.8. The van der Waals surface area contributed by atoms with Crippen molar-refractivity contribution in [1.82, 2.24) is 14.2 Å². The van der Waals surface area contributed by atoms with Gasteiger partial charge in [-0.05, 0) is 42.0 Å². The first-order valence-electron chi connectivity index (χ1n) is 11.4. The zero-order valence-electron chi connectivity index (χ0n) is 19.0. The number of hydrogen-bond donors (Lipinski definition) is 1. The van der Waals surface area contributed by atoms with Crippen LogP contribution in [0, 0.1) is 0 Å². The summed E-state index contributed by atoms with van der Waals surface area (Å²) in [5.74, 6) is -0.214. The lowest BCUT2D eigenvalue weighted by molar-refractivity contribution is -0.121. The lowest BCUT2D eigenvalue weighted by atomic mass is 10.1. The number of carbonyl (C=O) groups is 1. The van der Waals surface area contributed by atoms with Gasteiger partial charge in [0, 0.05) is 30.4 Å². The smallest absolute Gasteiger partial charge is 0.243 e. The number of carbonyl (C=O) groups excluding carboxylic acids is 1. The molecule has 1 fully saturated rings. The fourth-order valence-corrected chi connectivity index (χ4v) is 5.77. The van der Waals surface area contributed by atoms with Crippen molar-refractivity contribution in [2.24, 2.45) is 0 Å². The second kappa shape index (κ2) is 9.61. The maximum absolute atomic E-state index is 12.9. The summed E-state index contributed by atoms with van der Waals surface area (Å²) in [4.78, 5) is 26.0. The van der Waals surface area contributed by atoms with Crippen molar-refractivity contribution in [3.8, 4) is 0 Å². The van der Waals surface area contributed by atoms with Gasteiger partial charge in [-0.25, -0.2) is 8.42 Å². The molecule has 0 saturated carbocycles. The van der Waals surface area contributed by atoms with Gasteiger partial charge >= 0.3 is 0 Å². The fraction of sp³-hybridized carbons (Fsp3) is 0.231. The van der Waals surface area contributed by atoms with E-state index in [2.05, 4.69) is 5.32 Å². The molecule has 1 N–H and O–H groups in total. The number of nitrogens with zero attached hydrogens (tertiary/aromatic N) is 2. The van der Waals surface area contributed by atoms with Crippen molar-refractivity contribution >= 4 is 37.7 Å². The van der Waals surface area contributed by atoms with Gasteiger partial charge in [0.1, 0.15) is 6.54 Å². The number of hydrogen-bond acceptors (Lipinski definition) is 5. The molecule has 4 aromatic rings. The average molecular weight is 492 g/mol. The topological polar surface area (TPSA) is 97.7 Å². The molecule has 0 atom stereocenters. The van der Waals surface area contributed by atoms with E-state index in [4.69, 9.17) is 4.74 Å². The van der Waals surface area contributed by atoms with Crippen molar-refractivity contribution in [1.29, 1.82) is 0 Å².